The fraction of sp³-hybridized carbons (Fsp3) is 0.231. The van der Waals surface area contributed by atoms with Crippen molar-refractivity contribution in [1.29, 1.82) is 0 Å². The zero-order chi connectivity index (χ0) is 13.4. The number of fused-ring (bicyclic) bond motifs is 1. The number of nitrogens with one attached hydrogen (secondary N) is 1. The van der Waals surface area contributed by atoms with E-state index in [9.17, 15) is 0 Å². The first kappa shape index (κ1) is 12.0. The molecule has 0 saturated carbocycles. The molecule has 3 heterocycles. The Morgan fingerprint density at radius 1 is 1.47 bits per heavy atom. The maximum Gasteiger partial charge on any atom is 0.157 e. The highest BCUT2D eigenvalue weighted by atomic mass is 32.1. The average molecular weight is 273 g/mol. The maximum absolute atomic E-state index is 5.86. The number of nitrogen functional groups attached to an aromatic ring is 1. The first-order chi connectivity index (χ1) is 9.15. The van der Waals surface area contributed by atoms with E-state index in [0.717, 1.165) is 39.5 Å². The molecule has 0 atom stereocenters. The number of hydrogen-bond donors (Lipinski definition) is 2. The number of thiophene rings is 1. The van der Waals surface area contributed by atoms with Gasteiger partial charge in [0.1, 0.15) is 0 Å². The lowest BCUT2D eigenvalue weighted by molar-refractivity contribution is 0.774. The van der Waals surface area contributed by atoms with E-state index >= 15 is 0 Å². The van der Waals surface area contributed by atoms with Gasteiger partial charge in [-0.1, -0.05) is 0 Å². The van der Waals surface area contributed by atoms with Gasteiger partial charge in [-0.3, -0.25) is 4.68 Å². The fourth-order valence-corrected chi connectivity index (χ4v) is 2.82. The summed E-state index contributed by atoms with van der Waals surface area (Å²) in [6.07, 6.45) is 1.83. The van der Waals surface area contributed by atoms with Crippen molar-refractivity contribution in [2.45, 2.75) is 13.5 Å². The lowest BCUT2D eigenvalue weighted by atomic mass is 10.2. The van der Waals surface area contributed by atoms with Crippen LogP contribution in [0.25, 0.3) is 11.0 Å². The molecule has 0 unspecified atom stereocenters. The third kappa shape index (κ3) is 2.15. The topological polar surface area (TPSA) is 68.8 Å². The number of pyridine rings is 1. The van der Waals surface area contributed by atoms with Crippen LogP contribution in [0, 0.1) is 6.92 Å². The Balaban J connectivity index is 1.86. The number of nitrogens with zero attached hydrogens (tertiary/aromatic N) is 3. The molecule has 3 aromatic heterocycles. The first-order valence-electron chi connectivity index (χ1n) is 6.00. The lowest BCUT2D eigenvalue weighted by Gasteiger charge is -2.05. The van der Waals surface area contributed by atoms with Gasteiger partial charge in [-0.2, -0.15) is 5.10 Å². The van der Waals surface area contributed by atoms with Gasteiger partial charge < -0.3 is 11.1 Å². The summed E-state index contributed by atoms with van der Waals surface area (Å²) in [6, 6.07) is 4.00. The third-order valence-electron chi connectivity index (χ3n) is 3.10. The molecular formula is C13H15N5S. The molecular weight excluding hydrogens is 258 g/mol. The van der Waals surface area contributed by atoms with Crippen LogP contribution in [-0.4, -0.2) is 14.8 Å². The summed E-state index contributed by atoms with van der Waals surface area (Å²) >= 11 is 1.66. The van der Waals surface area contributed by atoms with E-state index in [1.54, 1.807) is 16.0 Å². The molecule has 0 fully saturated rings. The van der Waals surface area contributed by atoms with Crippen LogP contribution in [0.5, 0.6) is 0 Å². The van der Waals surface area contributed by atoms with Gasteiger partial charge in [0, 0.05) is 23.0 Å². The van der Waals surface area contributed by atoms with E-state index in [1.807, 2.05) is 31.6 Å². The van der Waals surface area contributed by atoms with E-state index in [-0.39, 0.29) is 0 Å². The standard InChI is InChI=1S/C13H15N5S/c1-8-10-5-9(6-16-13(10)18(2)17-8)15-7-12-11(14)3-4-19-12/h3-6,15H,7,14H2,1-2H3. The third-order valence-corrected chi connectivity index (χ3v) is 4.03. The number of hydrogen-bond acceptors (Lipinski definition) is 5. The van der Waals surface area contributed by atoms with E-state index in [0.29, 0.717) is 0 Å². The summed E-state index contributed by atoms with van der Waals surface area (Å²) in [5.41, 5.74) is 9.58. The second-order valence-electron chi connectivity index (χ2n) is 4.46. The molecule has 0 amide bonds. The SMILES string of the molecule is Cc1nn(C)c2ncc(NCc3sccc3N)cc12. The van der Waals surface area contributed by atoms with Gasteiger partial charge in [-0.25, -0.2) is 4.98 Å². The monoisotopic (exact) mass is 273 g/mol. The fourth-order valence-electron chi connectivity index (χ4n) is 2.08. The normalized spacial score (nSPS) is 11.1. The van der Waals surface area contributed by atoms with Gasteiger partial charge in [0.25, 0.3) is 0 Å². The number of aryl methyl sites for hydroxylation is 2. The van der Waals surface area contributed by atoms with Gasteiger partial charge in [-0.05, 0) is 24.4 Å². The van der Waals surface area contributed by atoms with Crippen molar-refractivity contribution in [3.05, 3.63) is 34.3 Å². The highest BCUT2D eigenvalue weighted by Gasteiger charge is 2.07. The smallest absolute Gasteiger partial charge is 0.157 e. The average Bonchev–Trinajstić information content (AvgIpc) is 2.92. The van der Waals surface area contributed by atoms with Crippen molar-refractivity contribution in [3.63, 3.8) is 0 Å². The molecule has 0 aliphatic rings. The van der Waals surface area contributed by atoms with E-state index in [1.165, 1.54) is 0 Å². The molecule has 6 heteroatoms. The van der Waals surface area contributed by atoms with Crippen molar-refractivity contribution >= 4 is 33.7 Å². The van der Waals surface area contributed by atoms with Crippen LogP contribution < -0.4 is 11.1 Å². The molecule has 19 heavy (non-hydrogen) atoms. The second-order valence-corrected chi connectivity index (χ2v) is 5.46. The molecule has 3 rings (SSSR count). The van der Waals surface area contributed by atoms with Crippen LogP contribution in [-0.2, 0) is 13.6 Å². The van der Waals surface area contributed by atoms with Crippen LogP contribution in [0.2, 0.25) is 0 Å². The molecule has 0 saturated heterocycles. The largest absolute Gasteiger partial charge is 0.398 e. The van der Waals surface area contributed by atoms with Gasteiger partial charge in [-0.15, -0.1) is 11.3 Å². The highest BCUT2D eigenvalue weighted by Crippen LogP contribution is 2.22. The summed E-state index contributed by atoms with van der Waals surface area (Å²) in [5.74, 6) is 0. The molecule has 0 radical (unpaired) electrons. The minimum Gasteiger partial charge on any atom is -0.398 e. The minimum atomic E-state index is 0.718. The quantitative estimate of drug-likeness (QED) is 0.769. The summed E-state index contributed by atoms with van der Waals surface area (Å²) in [4.78, 5) is 5.58. The summed E-state index contributed by atoms with van der Waals surface area (Å²) in [7, 11) is 1.90. The van der Waals surface area contributed by atoms with Crippen molar-refractivity contribution < 1.29 is 0 Å². The van der Waals surface area contributed by atoms with Crippen LogP contribution in [0.15, 0.2) is 23.7 Å². The Hall–Kier alpha value is -2.08. The van der Waals surface area contributed by atoms with Crippen molar-refractivity contribution in [2.75, 3.05) is 11.1 Å². The molecule has 0 spiro atoms. The van der Waals surface area contributed by atoms with Crippen LogP contribution >= 0.6 is 11.3 Å². The zero-order valence-corrected chi connectivity index (χ0v) is 11.7. The molecule has 0 aliphatic carbocycles. The van der Waals surface area contributed by atoms with Gasteiger partial charge in [0.2, 0.25) is 0 Å². The van der Waals surface area contributed by atoms with Crippen LogP contribution in [0.1, 0.15) is 10.6 Å². The Morgan fingerprint density at radius 3 is 3.05 bits per heavy atom. The lowest BCUT2D eigenvalue weighted by Crippen LogP contribution is -2.00. The Morgan fingerprint density at radius 2 is 2.32 bits per heavy atom. The minimum absolute atomic E-state index is 0.718. The molecule has 0 aliphatic heterocycles. The molecule has 5 nitrogen and oxygen atoms in total. The molecule has 3 aromatic rings. The first-order valence-corrected chi connectivity index (χ1v) is 6.88. The molecule has 0 bridgehead atoms. The summed E-state index contributed by atoms with van der Waals surface area (Å²) < 4.78 is 1.80. The van der Waals surface area contributed by atoms with Crippen molar-refractivity contribution in [1.82, 2.24) is 14.8 Å². The number of rotatable bonds is 3. The Kier molecular flexibility index (Phi) is 2.87. The van der Waals surface area contributed by atoms with E-state index in [4.69, 9.17) is 5.73 Å². The second kappa shape index (κ2) is 4.55. The van der Waals surface area contributed by atoms with Crippen molar-refractivity contribution in [3.8, 4) is 0 Å². The Labute approximate surface area is 115 Å². The zero-order valence-electron chi connectivity index (χ0n) is 10.8. The number of aromatic nitrogens is 3. The number of nitrogens with two attached hydrogens (primary N) is 1. The van der Waals surface area contributed by atoms with Crippen molar-refractivity contribution in [2.24, 2.45) is 7.05 Å². The maximum atomic E-state index is 5.86. The predicted octanol–water partition coefficient (Wildman–Crippen LogP) is 2.53. The van der Waals surface area contributed by atoms with Crippen LogP contribution in [0.4, 0.5) is 11.4 Å². The molecule has 3 N–H and O–H groups in total. The van der Waals surface area contributed by atoms with Gasteiger partial charge in [0.15, 0.2) is 5.65 Å². The van der Waals surface area contributed by atoms with Gasteiger partial charge in [0.05, 0.1) is 24.1 Å². The molecule has 98 valence electrons. The summed E-state index contributed by atoms with van der Waals surface area (Å²) in [6.45, 7) is 2.71. The Bertz CT molecular complexity index is 728. The molecule has 0 aromatic carbocycles. The van der Waals surface area contributed by atoms with E-state index in [2.05, 4.69) is 21.5 Å². The van der Waals surface area contributed by atoms with Gasteiger partial charge >= 0.3 is 0 Å². The van der Waals surface area contributed by atoms with Crippen LogP contribution in [0.3, 0.4) is 0 Å². The number of anilines is 2. The van der Waals surface area contributed by atoms with E-state index < -0.39 is 0 Å². The highest BCUT2D eigenvalue weighted by molar-refractivity contribution is 7.10. The predicted molar refractivity (Wildman–Crippen MR) is 79.3 cm³/mol. The summed E-state index contributed by atoms with van der Waals surface area (Å²) in [5, 5.41) is 10.8.